The Hall–Kier alpha value is -2.36. The van der Waals surface area contributed by atoms with Crippen molar-refractivity contribution in [1.29, 1.82) is 0 Å². The molecule has 23 heavy (non-hydrogen) atoms. The first kappa shape index (κ1) is 15.5. The summed E-state index contributed by atoms with van der Waals surface area (Å²) in [5, 5.41) is 2.57. The van der Waals surface area contributed by atoms with Gasteiger partial charge in [-0.25, -0.2) is 0 Å². The highest BCUT2D eigenvalue weighted by Gasteiger charge is 2.18. The number of ether oxygens (including phenoxy) is 1. The molecule has 116 valence electrons. The SMILES string of the molecule is COc1ccccc1CO[SiH](c1ccccc1)c1ccccc1. The van der Waals surface area contributed by atoms with Crippen LogP contribution in [-0.2, 0) is 11.0 Å². The molecule has 0 atom stereocenters. The monoisotopic (exact) mass is 320 g/mol. The lowest BCUT2D eigenvalue weighted by Gasteiger charge is -2.18. The summed E-state index contributed by atoms with van der Waals surface area (Å²) < 4.78 is 11.8. The van der Waals surface area contributed by atoms with E-state index in [0.29, 0.717) is 6.61 Å². The second-order valence-electron chi connectivity index (χ2n) is 5.32. The van der Waals surface area contributed by atoms with Gasteiger partial charge in [-0.05, 0) is 16.4 Å². The summed E-state index contributed by atoms with van der Waals surface area (Å²) >= 11 is 0. The van der Waals surface area contributed by atoms with Crippen molar-refractivity contribution < 1.29 is 9.16 Å². The molecule has 0 aromatic heterocycles. The van der Waals surface area contributed by atoms with Crippen LogP contribution in [0.3, 0.4) is 0 Å². The highest BCUT2D eigenvalue weighted by atomic mass is 28.3. The fourth-order valence-corrected chi connectivity index (χ4v) is 4.90. The number of benzene rings is 3. The van der Waals surface area contributed by atoms with E-state index in [-0.39, 0.29) is 0 Å². The molecule has 0 aliphatic heterocycles. The van der Waals surface area contributed by atoms with Crippen LogP contribution in [0.25, 0.3) is 0 Å². The van der Waals surface area contributed by atoms with Gasteiger partial charge in [0.15, 0.2) is 0 Å². The highest BCUT2D eigenvalue weighted by Crippen LogP contribution is 2.18. The van der Waals surface area contributed by atoms with Gasteiger partial charge in [-0.3, -0.25) is 0 Å². The molecule has 3 aromatic carbocycles. The number of rotatable bonds is 6. The van der Waals surface area contributed by atoms with E-state index in [4.69, 9.17) is 9.16 Å². The van der Waals surface area contributed by atoms with Crippen molar-refractivity contribution in [3.8, 4) is 5.75 Å². The summed E-state index contributed by atoms with van der Waals surface area (Å²) in [6, 6.07) is 29.0. The lowest BCUT2D eigenvalue weighted by Crippen LogP contribution is -2.44. The lowest BCUT2D eigenvalue weighted by molar-refractivity contribution is 0.310. The zero-order valence-electron chi connectivity index (χ0n) is 13.2. The van der Waals surface area contributed by atoms with Gasteiger partial charge < -0.3 is 9.16 Å². The minimum Gasteiger partial charge on any atom is -0.496 e. The third kappa shape index (κ3) is 3.89. The van der Waals surface area contributed by atoms with E-state index in [1.807, 2.05) is 30.3 Å². The van der Waals surface area contributed by atoms with Crippen molar-refractivity contribution in [2.24, 2.45) is 0 Å². The molecule has 0 spiro atoms. The zero-order valence-corrected chi connectivity index (χ0v) is 14.3. The molecule has 0 aliphatic rings. The maximum atomic E-state index is 6.40. The summed E-state index contributed by atoms with van der Waals surface area (Å²) in [5.41, 5.74) is 1.08. The van der Waals surface area contributed by atoms with Crippen molar-refractivity contribution in [2.45, 2.75) is 6.61 Å². The molecule has 0 fully saturated rings. The number of hydrogen-bond acceptors (Lipinski definition) is 2. The van der Waals surface area contributed by atoms with Crippen LogP contribution in [0.4, 0.5) is 0 Å². The molecule has 0 saturated heterocycles. The van der Waals surface area contributed by atoms with Gasteiger partial charge in [-0.15, -0.1) is 0 Å². The van der Waals surface area contributed by atoms with Gasteiger partial charge in [0, 0.05) is 5.56 Å². The summed E-state index contributed by atoms with van der Waals surface area (Å²) in [6.45, 7) is 0.560. The van der Waals surface area contributed by atoms with E-state index in [9.17, 15) is 0 Å². The maximum absolute atomic E-state index is 6.40. The maximum Gasteiger partial charge on any atom is 0.240 e. The number of para-hydroxylation sites is 1. The predicted octanol–water partition coefficient (Wildman–Crippen LogP) is 2.75. The van der Waals surface area contributed by atoms with Gasteiger partial charge in [0.1, 0.15) is 5.75 Å². The van der Waals surface area contributed by atoms with Crippen LogP contribution in [0.15, 0.2) is 84.9 Å². The van der Waals surface area contributed by atoms with Crippen molar-refractivity contribution in [2.75, 3.05) is 7.11 Å². The van der Waals surface area contributed by atoms with E-state index in [2.05, 4.69) is 54.6 Å². The topological polar surface area (TPSA) is 18.5 Å². The summed E-state index contributed by atoms with van der Waals surface area (Å²) in [6.07, 6.45) is 0. The van der Waals surface area contributed by atoms with E-state index in [1.54, 1.807) is 7.11 Å². The average molecular weight is 320 g/mol. The molecular weight excluding hydrogens is 300 g/mol. The second kappa shape index (κ2) is 7.77. The van der Waals surface area contributed by atoms with Crippen molar-refractivity contribution in [3.63, 3.8) is 0 Å². The van der Waals surface area contributed by atoms with E-state index < -0.39 is 9.04 Å². The van der Waals surface area contributed by atoms with Crippen molar-refractivity contribution >= 4 is 19.4 Å². The lowest BCUT2D eigenvalue weighted by atomic mass is 10.2. The first-order valence-electron chi connectivity index (χ1n) is 7.72. The van der Waals surface area contributed by atoms with Crippen LogP contribution in [0, 0.1) is 0 Å². The molecule has 3 rings (SSSR count). The van der Waals surface area contributed by atoms with E-state index in [0.717, 1.165) is 11.3 Å². The Bertz CT molecular complexity index is 689. The number of hydrogen-bond donors (Lipinski definition) is 0. The molecule has 0 radical (unpaired) electrons. The smallest absolute Gasteiger partial charge is 0.240 e. The third-order valence-electron chi connectivity index (χ3n) is 3.80. The molecule has 0 saturated carbocycles. The first-order valence-corrected chi connectivity index (χ1v) is 9.34. The molecule has 0 aliphatic carbocycles. The van der Waals surface area contributed by atoms with Crippen LogP contribution >= 0.6 is 0 Å². The Morgan fingerprint density at radius 2 is 1.22 bits per heavy atom. The van der Waals surface area contributed by atoms with Crippen LogP contribution in [-0.4, -0.2) is 16.2 Å². The molecule has 3 aromatic rings. The largest absolute Gasteiger partial charge is 0.496 e. The Morgan fingerprint density at radius 3 is 1.78 bits per heavy atom. The standard InChI is InChI=1S/C20H20O2Si/c1-21-20-15-9-8-10-17(20)16-22-23(18-11-4-2-5-12-18)19-13-6-3-7-14-19/h2-15,23H,16H2,1H3. The summed E-state index contributed by atoms with van der Waals surface area (Å²) in [7, 11) is -0.0109. The van der Waals surface area contributed by atoms with Gasteiger partial charge in [0.25, 0.3) is 0 Å². The van der Waals surface area contributed by atoms with E-state index in [1.165, 1.54) is 10.4 Å². The average Bonchev–Trinajstić information content (AvgIpc) is 2.64. The number of methoxy groups -OCH3 is 1. The second-order valence-corrected chi connectivity index (χ2v) is 7.75. The highest BCUT2D eigenvalue weighted by molar-refractivity contribution is 6.80. The summed E-state index contributed by atoms with van der Waals surface area (Å²) in [5.74, 6) is 0.876. The fraction of sp³-hybridized carbons (Fsp3) is 0.100. The third-order valence-corrected chi connectivity index (χ3v) is 6.28. The van der Waals surface area contributed by atoms with Gasteiger partial charge in [0.05, 0.1) is 13.7 Å². The van der Waals surface area contributed by atoms with Gasteiger partial charge in [-0.1, -0.05) is 78.9 Å². The van der Waals surface area contributed by atoms with Gasteiger partial charge >= 0.3 is 0 Å². The van der Waals surface area contributed by atoms with E-state index >= 15 is 0 Å². The van der Waals surface area contributed by atoms with Crippen LogP contribution in [0.2, 0.25) is 0 Å². The van der Waals surface area contributed by atoms with Crippen LogP contribution in [0.5, 0.6) is 5.75 Å². The normalized spacial score (nSPS) is 10.7. The Kier molecular flexibility index (Phi) is 5.24. The van der Waals surface area contributed by atoms with Gasteiger partial charge in [0.2, 0.25) is 9.04 Å². The Labute approximate surface area is 139 Å². The van der Waals surface area contributed by atoms with Crippen LogP contribution < -0.4 is 15.1 Å². The molecule has 0 bridgehead atoms. The van der Waals surface area contributed by atoms with Crippen molar-refractivity contribution in [1.82, 2.24) is 0 Å². The predicted molar refractivity (Wildman–Crippen MR) is 97.1 cm³/mol. The molecular formula is C20H20O2Si. The Balaban J connectivity index is 1.85. The van der Waals surface area contributed by atoms with Crippen molar-refractivity contribution in [3.05, 3.63) is 90.5 Å². The fourth-order valence-electron chi connectivity index (χ4n) is 2.64. The van der Waals surface area contributed by atoms with Crippen LogP contribution in [0.1, 0.15) is 5.56 Å². The molecule has 0 heterocycles. The summed E-state index contributed by atoms with van der Waals surface area (Å²) in [4.78, 5) is 0. The molecule has 0 N–H and O–H groups in total. The minimum atomic E-state index is -1.71. The molecule has 2 nitrogen and oxygen atoms in total. The van der Waals surface area contributed by atoms with Gasteiger partial charge in [-0.2, -0.15) is 0 Å². The molecule has 0 amide bonds. The molecule has 3 heteroatoms. The Morgan fingerprint density at radius 1 is 0.696 bits per heavy atom. The molecule has 0 unspecified atom stereocenters. The minimum absolute atomic E-state index is 0.560. The zero-order chi connectivity index (χ0) is 15.9. The first-order chi connectivity index (χ1) is 11.4. The quantitative estimate of drug-likeness (QED) is 0.650.